The first kappa shape index (κ1) is 140. The number of rotatable bonds is 27. The van der Waals surface area contributed by atoms with Crippen LogP contribution < -0.4 is 53.2 Å². The zero-order valence-corrected chi connectivity index (χ0v) is 96.5. The quantitative estimate of drug-likeness (QED) is 0.00407. The van der Waals surface area contributed by atoms with Crippen LogP contribution in [0.3, 0.4) is 0 Å². The van der Waals surface area contributed by atoms with Gasteiger partial charge >= 0.3 is 75.8 Å². The summed E-state index contributed by atoms with van der Waals surface area (Å²) in [6, 6.07) is 51.3. The molecule has 2 aliphatic rings. The van der Waals surface area contributed by atoms with E-state index in [0.29, 0.717) is 116 Å². The van der Waals surface area contributed by atoms with Crippen LogP contribution in [0.4, 0.5) is 4.79 Å². The maximum Gasteiger partial charge on any atom is 1.00 e. The molecule has 814 valence electrons. The molecule has 5 heterocycles. The topological polar surface area (TPSA) is 486 Å². The number of carboxylic acids is 1. The van der Waals surface area contributed by atoms with Crippen LogP contribution in [0.15, 0.2) is 201 Å². The average Bonchev–Trinajstić information content (AvgIpc) is 1.72. The van der Waals surface area contributed by atoms with Gasteiger partial charge in [0.2, 0.25) is 32.1 Å². The second-order valence-corrected chi connectivity index (χ2v) is 38.9. The van der Waals surface area contributed by atoms with Crippen molar-refractivity contribution in [2.45, 2.75) is 202 Å². The van der Waals surface area contributed by atoms with Crippen molar-refractivity contribution in [1.29, 1.82) is 0 Å². The molecule has 13 rings (SSSR count). The number of nitrogens with zero attached hydrogens (tertiary/aromatic N) is 4. The standard InChI is InChI=1S/C18H24NO4P.C14H14ClNO.C14H15NO2.C13H14O6.C10H12O3.C8H12O3.C8H8O3.C8H10O2.C6H6ClN.C6H15O3P.C2H3ClO.Cl2OS.Na.H2O/c1-5-21-24(20,22-6-2)13-16-9-15(4)10-17(11-16)23-18-8-7-14(3)12-19-18;1-10-3-4-14(16-9-10)17-13-6-11(2)5-12(7-13)8-15;1-10-3-4-14(15-8-10)17-13-6-11(2)5-12(7-13)9-16;1-4-17-13(16)19-12(15)10-5-8(2)6-11(7-10)18-9(3)14;1-7-3-9(6-11)5-10(4-7)13-8(2)12;9-7-1-3-8(4-2-7)10-5-6-11-8;1-5-2-6(8(10)11)4-7(9)3-5;1-6-2-7(5-9)4-8(10)3-6;1-5-2-3-6(7)8-4-5;1-4-7-10(8-5-2)9-6-3;1-2(3)4;1-4(2)3;;/h7-12H,5-6,13H2,1-4H3;3-7,9H,8H2,1-2H3;3-8,16H,9H2,1-2H3;5-7H,4H2,1-3H3;3-5,11H,6H2,1-2H3;1-6H2;2-4,9H,1H3,(H,10,11);2-4,9-10H,5H2,1H3;2-4H,1H3;4-6H2,1-3H3;1H3;;;1H2/q;;;;;;;;;;;;+1;/p-1. The minimum absolute atomic E-state index is 0. The Morgan fingerprint density at radius 2 is 0.780 bits per heavy atom. The van der Waals surface area contributed by atoms with E-state index in [4.69, 9.17) is 114 Å². The van der Waals surface area contributed by atoms with E-state index in [1.165, 1.54) is 51.1 Å². The summed E-state index contributed by atoms with van der Waals surface area (Å²) in [5.74, 6) is 2.42. The number of aryl methyl sites for hydroxylation is 11. The van der Waals surface area contributed by atoms with E-state index in [0.717, 1.165) is 102 Å². The number of benzene rings is 7. The van der Waals surface area contributed by atoms with Gasteiger partial charge in [-0.2, -0.15) is 0 Å². The molecule has 0 bridgehead atoms. The van der Waals surface area contributed by atoms with Crippen molar-refractivity contribution in [3.63, 3.8) is 0 Å². The first-order valence-corrected chi connectivity index (χ1v) is 53.1. The number of phenolic OH excluding ortho intramolecular Hbond substituents is 2. The summed E-state index contributed by atoms with van der Waals surface area (Å²) in [6.07, 6.45) is 8.95. The molecule has 1 saturated heterocycles. The van der Waals surface area contributed by atoms with Gasteiger partial charge in [-0.05, 0) is 321 Å². The molecule has 1 spiro atoms. The first-order valence-electron chi connectivity index (χ1n) is 46.2. The second-order valence-electron chi connectivity index (χ2n) is 31.9. The number of aliphatic hydroxyl groups excluding tert-OH is 3. The van der Waals surface area contributed by atoms with Gasteiger partial charge in [-0.3, -0.25) is 23.7 Å². The van der Waals surface area contributed by atoms with Crippen LogP contribution in [0.2, 0.25) is 5.15 Å². The van der Waals surface area contributed by atoms with Crippen molar-refractivity contribution >= 4 is 123 Å². The summed E-state index contributed by atoms with van der Waals surface area (Å²) in [5.41, 5.74) is 15.4. The molecule has 34 nitrogen and oxygen atoms in total. The number of Topliss-reactive ketones (excluding diaryl/α,β-unsaturated/α-hetero) is 1. The molecule has 43 heteroatoms. The van der Waals surface area contributed by atoms with Gasteiger partial charge in [0.1, 0.15) is 51.2 Å². The predicted molar refractivity (Wildman–Crippen MR) is 575 cm³/mol. The number of alkyl halides is 1. The van der Waals surface area contributed by atoms with Crippen LogP contribution >= 0.6 is 72.4 Å². The minimum Gasteiger partial charge on any atom is -0.870 e. The van der Waals surface area contributed by atoms with Crippen LogP contribution in [0.25, 0.3) is 0 Å². The van der Waals surface area contributed by atoms with Crippen molar-refractivity contribution < 1.29 is 173 Å². The van der Waals surface area contributed by atoms with Crippen LogP contribution in [-0.4, -0.2) is 160 Å². The number of aliphatic hydroxyl groups is 3. The summed E-state index contributed by atoms with van der Waals surface area (Å²) in [6.45, 7) is 40.0. The van der Waals surface area contributed by atoms with E-state index < -0.39 is 49.5 Å². The molecule has 7 aromatic carbocycles. The number of halogens is 5. The van der Waals surface area contributed by atoms with Gasteiger partial charge in [0.15, 0.2) is 5.79 Å². The van der Waals surface area contributed by atoms with Crippen LogP contribution in [0, 0.1) is 76.2 Å². The Balaban J connectivity index is 0.00000165. The van der Waals surface area contributed by atoms with Crippen molar-refractivity contribution in [1.82, 2.24) is 19.9 Å². The third kappa shape index (κ3) is 64.5. The molecule has 7 N–H and O–H groups in total. The second kappa shape index (κ2) is 77.9. The number of aromatic carboxylic acids is 1. The van der Waals surface area contributed by atoms with Crippen molar-refractivity contribution in [3.8, 4) is 57.9 Å². The number of esters is 3. The Labute approximate surface area is 927 Å². The van der Waals surface area contributed by atoms with E-state index in [9.17, 15) is 38.1 Å². The molecule has 0 atom stereocenters. The molecule has 1 saturated carbocycles. The van der Waals surface area contributed by atoms with Gasteiger partial charge in [0, 0.05) is 117 Å². The van der Waals surface area contributed by atoms with Gasteiger partial charge in [-0.25, -0.2) is 38.5 Å². The van der Waals surface area contributed by atoms with Crippen LogP contribution in [0.1, 0.15) is 198 Å². The first-order chi connectivity index (χ1) is 70.0. The monoisotopic (exact) mass is 2250 g/mol. The number of hydrogen-bond donors (Lipinski definition) is 6. The summed E-state index contributed by atoms with van der Waals surface area (Å²) < 4.78 is 94.7. The Morgan fingerprint density at radius 3 is 1.12 bits per heavy atom. The molecule has 11 aromatic rings. The van der Waals surface area contributed by atoms with E-state index >= 15 is 0 Å². The fraction of sp³-hybridized carbons (Fsp3) is 0.355. The molecule has 0 unspecified atom stereocenters. The molecule has 0 amide bonds. The van der Waals surface area contributed by atoms with E-state index in [1.807, 2.05) is 192 Å². The largest absolute Gasteiger partial charge is 1.00 e. The number of phenols is 2. The number of ketones is 1. The Morgan fingerprint density at radius 1 is 0.447 bits per heavy atom. The molecule has 4 aromatic heterocycles. The number of carbonyl (C=O) groups excluding carboxylic acids is 6. The smallest absolute Gasteiger partial charge is 0.870 e. The molecule has 2 fully saturated rings. The fourth-order valence-corrected chi connectivity index (χ4v) is 15.3. The number of hydrogen-bond acceptors (Lipinski definition) is 33. The number of carbonyl (C=O) groups is 7. The zero-order valence-electron chi connectivity index (χ0n) is 88.1. The number of pyridine rings is 4. The normalized spacial score (nSPS) is 11.4. The maximum atomic E-state index is 12.7. The third-order valence-corrected chi connectivity index (χ3v) is 22.1. The Bertz CT molecular complexity index is 5750. The van der Waals surface area contributed by atoms with Crippen LogP contribution in [-0.2, 0) is 106 Å². The van der Waals surface area contributed by atoms with Crippen molar-refractivity contribution in [3.05, 3.63) is 306 Å². The van der Waals surface area contributed by atoms with Gasteiger partial charge in [-0.15, -0.1) is 11.6 Å². The molecule has 0 radical (unpaired) electrons. The summed E-state index contributed by atoms with van der Waals surface area (Å²) in [5, 5.41) is 53.4. The molecule has 1 aliphatic carbocycles. The number of carboxylic acid groups (broad SMARTS) is 1. The molecular weight excluding hydrogens is 2120 g/mol. The molecule has 1 aliphatic heterocycles. The van der Waals surface area contributed by atoms with Crippen molar-refractivity contribution in [2.24, 2.45) is 0 Å². The number of aromatic hydroxyl groups is 2. The minimum atomic E-state index is -3.14. The predicted octanol–water partition coefficient (Wildman–Crippen LogP) is 22.6. The third-order valence-electron chi connectivity index (χ3n) is 18.1. The average molecular weight is 2250 g/mol. The van der Waals surface area contributed by atoms with Gasteiger partial charge in [0.05, 0.1) is 90.0 Å². The van der Waals surface area contributed by atoms with Gasteiger partial charge in [0.25, 0.3) is 0 Å². The molecular formula is C107H134Cl5N4NaO30P2S. The Hall–Kier alpha value is -10.4. The van der Waals surface area contributed by atoms with Gasteiger partial charge in [-0.1, -0.05) is 66.2 Å². The van der Waals surface area contributed by atoms with Crippen molar-refractivity contribution in [2.75, 3.05) is 52.9 Å². The summed E-state index contributed by atoms with van der Waals surface area (Å²) >= 11 is 16.0. The summed E-state index contributed by atoms with van der Waals surface area (Å²) in [7, 11) is 3.16. The SMILES string of the molecule is CC(=O)Cl.CC(=O)Oc1cc(C)cc(CO)c1.CCOC(=O)OC(=O)c1cc(C)cc(OC(C)=O)c1.CCOP(=O)(Cc1cc(C)cc(Oc2ccc(C)cn2)c1)OCC.CCOP(OCC)OCC.Cc1cc(O)cc(C(=O)O)c1.Cc1cc(O)cc(CO)c1.Cc1ccc(Cl)nc1.Cc1ccc(Oc2cc(C)cc(CCl)c2)nc1.Cc1ccc(Oc2cc(C)cc(CO)c2)nc1.O=C1CCC2(CC1)OCCO2.O=S(Cl)Cl.[Na+].[OH-]. The fourth-order valence-electron chi connectivity index (χ4n) is 12.5. The number of aromatic nitrogens is 4. The zero-order chi connectivity index (χ0) is 111. The number of ether oxygens (including phenoxy) is 9. The van der Waals surface area contributed by atoms with E-state index in [2.05, 4.69) is 62.4 Å². The summed E-state index contributed by atoms with van der Waals surface area (Å²) in [4.78, 5) is 91.1. The Kier molecular flexibility index (Phi) is 72.5. The van der Waals surface area contributed by atoms with E-state index in [-0.39, 0.29) is 113 Å². The van der Waals surface area contributed by atoms with Gasteiger partial charge < -0.3 is 101 Å². The maximum absolute atomic E-state index is 12.7. The van der Waals surface area contributed by atoms with Crippen LogP contribution in [0.5, 0.6) is 57.9 Å². The molecule has 150 heavy (non-hydrogen) atoms. The van der Waals surface area contributed by atoms with E-state index in [1.54, 1.807) is 95.8 Å².